The first-order valence-electron chi connectivity index (χ1n) is 9.46. The molecule has 1 aromatic carbocycles. The molecule has 0 saturated carbocycles. The van der Waals surface area contributed by atoms with Crippen molar-refractivity contribution in [3.8, 4) is 5.69 Å². The molecule has 1 fully saturated rings. The fourth-order valence-electron chi connectivity index (χ4n) is 3.79. The van der Waals surface area contributed by atoms with Gasteiger partial charge in [-0.25, -0.2) is 0 Å². The third-order valence-corrected chi connectivity index (χ3v) is 5.83. The molecule has 2 atom stereocenters. The number of rotatable bonds is 5. The fraction of sp³-hybridized carbons (Fsp3) is 0.273. The van der Waals surface area contributed by atoms with Crippen molar-refractivity contribution in [2.75, 3.05) is 6.54 Å². The third-order valence-electron chi connectivity index (χ3n) is 4.95. The van der Waals surface area contributed by atoms with Gasteiger partial charge in [0.1, 0.15) is 0 Å². The van der Waals surface area contributed by atoms with E-state index in [0.717, 1.165) is 27.5 Å². The van der Waals surface area contributed by atoms with Crippen LogP contribution in [0.1, 0.15) is 37.3 Å². The summed E-state index contributed by atoms with van der Waals surface area (Å²) in [5, 5.41) is 4.32. The smallest absolute Gasteiger partial charge is 0.170 e. The van der Waals surface area contributed by atoms with E-state index >= 15 is 0 Å². The average Bonchev–Trinajstić information content (AvgIpc) is 3.28. The molecule has 0 radical (unpaired) electrons. The number of nitrogens with zero attached hydrogens (tertiary/aromatic N) is 3. The summed E-state index contributed by atoms with van der Waals surface area (Å²) in [6.07, 6.45) is 3.96. The molecular weight excluding hydrogens is 432 g/mol. The van der Waals surface area contributed by atoms with Crippen LogP contribution in [0.3, 0.4) is 0 Å². The molecule has 0 unspecified atom stereocenters. The maximum Gasteiger partial charge on any atom is 0.170 e. The number of aromatic nitrogens is 2. The zero-order chi connectivity index (χ0) is 19.7. The summed E-state index contributed by atoms with van der Waals surface area (Å²) in [6.45, 7) is 5.34. The topological polar surface area (TPSA) is 33.1 Å². The van der Waals surface area contributed by atoms with Gasteiger partial charge in [0.25, 0.3) is 0 Å². The average molecular weight is 455 g/mol. The highest BCUT2D eigenvalue weighted by atomic mass is 79.9. The lowest BCUT2D eigenvalue weighted by atomic mass is 10.0. The van der Waals surface area contributed by atoms with Gasteiger partial charge in [0.15, 0.2) is 5.11 Å². The maximum absolute atomic E-state index is 5.74. The van der Waals surface area contributed by atoms with E-state index in [1.54, 1.807) is 0 Å². The number of hydrogen-bond donors (Lipinski definition) is 1. The van der Waals surface area contributed by atoms with Gasteiger partial charge >= 0.3 is 0 Å². The van der Waals surface area contributed by atoms with Crippen molar-refractivity contribution >= 4 is 33.3 Å². The molecule has 144 valence electrons. The van der Waals surface area contributed by atoms with Crippen LogP contribution < -0.4 is 5.32 Å². The molecule has 1 saturated heterocycles. The Balaban J connectivity index is 1.80. The van der Waals surface area contributed by atoms with Crippen molar-refractivity contribution in [1.82, 2.24) is 19.8 Å². The lowest BCUT2D eigenvalue weighted by Gasteiger charge is -2.30. The molecule has 6 heteroatoms. The Labute approximate surface area is 179 Å². The molecule has 0 aliphatic carbocycles. The summed E-state index contributed by atoms with van der Waals surface area (Å²) >= 11 is 9.26. The Hall–Kier alpha value is -2.18. The quantitative estimate of drug-likeness (QED) is 0.532. The monoisotopic (exact) mass is 454 g/mol. The molecule has 0 bridgehead atoms. The first-order valence-corrected chi connectivity index (χ1v) is 10.7. The number of hydrogen-bond acceptors (Lipinski definition) is 2. The van der Waals surface area contributed by atoms with Crippen molar-refractivity contribution in [2.24, 2.45) is 5.92 Å². The molecular formula is C22H23BrN4S. The predicted octanol–water partition coefficient (Wildman–Crippen LogP) is 5.26. The number of thiocarbonyl (C=S) groups is 1. The number of halogens is 1. The summed E-state index contributed by atoms with van der Waals surface area (Å²) in [5.74, 6) is 0.501. The van der Waals surface area contributed by atoms with E-state index in [0.29, 0.717) is 5.92 Å². The van der Waals surface area contributed by atoms with Crippen LogP contribution in [0.2, 0.25) is 0 Å². The van der Waals surface area contributed by atoms with Crippen molar-refractivity contribution in [3.05, 3.63) is 82.9 Å². The van der Waals surface area contributed by atoms with Crippen molar-refractivity contribution in [3.63, 3.8) is 0 Å². The van der Waals surface area contributed by atoms with Gasteiger partial charge in [-0.3, -0.25) is 4.98 Å². The highest BCUT2D eigenvalue weighted by Gasteiger charge is 2.41. The van der Waals surface area contributed by atoms with E-state index in [1.165, 1.54) is 5.69 Å². The fourth-order valence-corrected chi connectivity index (χ4v) is 4.37. The maximum atomic E-state index is 5.74. The SMILES string of the molecule is CC(C)CN1C(=S)N[C@H](c2ccccn2)[C@H]1c1cccn1-c1ccc(Br)cc1. The molecule has 28 heavy (non-hydrogen) atoms. The van der Waals surface area contributed by atoms with Gasteiger partial charge in [0.2, 0.25) is 0 Å². The zero-order valence-corrected chi connectivity index (χ0v) is 18.3. The molecule has 0 amide bonds. The highest BCUT2D eigenvalue weighted by Crippen LogP contribution is 2.39. The van der Waals surface area contributed by atoms with Gasteiger partial charge in [-0.1, -0.05) is 35.8 Å². The minimum Gasteiger partial charge on any atom is -0.352 e. The van der Waals surface area contributed by atoms with Gasteiger partial charge < -0.3 is 14.8 Å². The predicted molar refractivity (Wildman–Crippen MR) is 120 cm³/mol. The van der Waals surface area contributed by atoms with Crippen molar-refractivity contribution < 1.29 is 0 Å². The van der Waals surface area contributed by atoms with Crippen LogP contribution in [0, 0.1) is 5.92 Å². The van der Waals surface area contributed by atoms with E-state index in [4.69, 9.17) is 12.2 Å². The van der Waals surface area contributed by atoms with Crippen LogP contribution in [0.5, 0.6) is 0 Å². The lowest BCUT2D eigenvalue weighted by molar-refractivity contribution is 0.280. The largest absolute Gasteiger partial charge is 0.352 e. The zero-order valence-electron chi connectivity index (χ0n) is 15.9. The first-order chi connectivity index (χ1) is 13.5. The lowest BCUT2D eigenvalue weighted by Crippen LogP contribution is -2.33. The minimum absolute atomic E-state index is 0.0107. The Morgan fingerprint density at radius 1 is 1.11 bits per heavy atom. The molecule has 3 aromatic rings. The van der Waals surface area contributed by atoms with E-state index in [9.17, 15) is 0 Å². The summed E-state index contributed by atoms with van der Waals surface area (Å²) < 4.78 is 3.32. The van der Waals surface area contributed by atoms with Gasteiger partial charge in [0, 0.05) is 34.8 Å². The standard InChI is InChI=1S/C22H23BrN4S/c1-15(2)14-27-21(20(25-22(27)28)18-6-3-4-12-24-18)19-7-5-13-26(19)17-10-8-16(23)9-11-17/h3-13,15,20-21H,14H2,1-2H3,(H,25,28)/t20-,21-/m1/s1. The van der Waals surface area contributed by atoms with Gasteiger partial charge in [0.05, 0.1) is 17.8 Å². The van der Waals surface area contributed by atoms with Crippen LogP contribution in [-0.4, -0.2) is 26.1 Å². The summed E-state index contributed by atoms with van der Waals surface area (Å²) in [4.78, 5) is 6.93. The Bertz CT molecular complexity index is 952. The van der Waals surface area contributed by atoms with Gasteiger partial charge in [-0.05, 0) is 66.7 Å². The third kappa shape index (κ3) is 3.71. The molecule has 2 aromatic heterocycles. The molecule has 4 nitrogen and oxygen atoms in total. The first kappa shape index (κ1) is 19.2. The van der Waals surface area contributed by atoms with E-state index in [1.807, 2.05) is 18.3 Å². The van der Waals surface area contributed by atoms with E-state index in [2.05, 4.69) is 98.2 Å². The van der Waals surface area contributed by atoms with Crippen molar-refractivity contribution in [1.29, 1.82) is 0 Å². The van der Waals surface area contributed by atoms with E-state index < -0.39 is 0 Å². The van der Waals surface area contributed by atoms with E-state index in [-0.39, 0.29) is 12.1 Å². The molecule has 3 heterocycles. The van der Waals surface area contributed by atoms with Crippen LogP contribution in [0.15, 0.2) is 71.5 Å². The van der Waals surface area contributed by atoms with Gasteiger partial charge in [-0.15, -0.1) is 0 Å². The van der Waals surface area contributed by atoms with Crippen LogP contribution >= 0.6 is 28.1 Å². The summed E-state index contributed by atoms with van der Waals surface area (Å²) in [6, 6.07) is 18.8. The second-order valence-electron chi connectivity index (χ2n) is 7.45. The van der Waals surface area contributed by atoms with Crippen LogP contribution in [0.4, 0.5) is 0 Å². The minimum atomic E-state index is 0.0107. The number of nitrogens with one attached hydrogen (secondary N) is 1. The summed E-state index contributed by atoms with van der Waals surface area (Å²) in [5.41, 5.74) is 3.33. The Morgan fingerprint density at radius 2 is 1.89 bits per heavy atom. The van der Waals surface area contributed by atoms with Gasteiger partial charge in [-0.2, -0.15) is 0 Å². The Morgan fingerprint density at radius 3 is 2.57 bits per heavy atom. The van der Waals surface area contributed by atoms with Crippen molar-refractivity contribution in [2.45, 2.75) is 25.9 Å². The molecule has 4 rings (SSSR count). The molecule has 1 aliphatic heterocycles. The summed E-state index contributed by atoms with van der Waals surface area (Å²) in [7, 11) is 0. The number of pyridine rings is 1. The normalized spacial score (nSPS) is 19.3. The van der Waals surface area contributed by atoms with Crippen LogP contribution in [0.25, 0.3) is 5.69 Å². The van der Waals surface area contributed by atoms with Crippen LogP contribution in [-0.2, 0) is 0 Å². The molecule has 0 spiro atoms. The highest BCUT2D eigenvalue weighted by molar-refractivity contribution is 9.10. The molecule has 1 N–H and O–H groups in total. The second-order valence-corrected chi connectivity index (χ2v) is 8.75. The number of benzene rings is 1. The molecule has 1 aliphatic rings. The Kier molecular flexibility index (Phi) is 5.51. The second kappa shape index (κ2) is 8.05.